The molecule has 1 aliphatic heterocycles. The lowest BCUT2D eigenvalue weighted by Gasteiger charge is -2.15. The highest BCUT2D eigenvalue weighted by molar-refractivity contribution is 9.10. The van der Waals surface area contributed by atoms with Gasteiger partial charge in [0.15, 0.2) is 0 Å². The van der Waals surface area contributed by atoms with Gasteiger partial charge in [0.05, 0.1) is 6.54 Å². The number of likely N-dealkylation sites (tertiary alicyclic amines) is 1. The van der Waals surface area contributed by atoms with Crippen molar-refractivity contribution in [3.8, 4) is 0 Å². The van der Waals surface area contributed by atoms with Crippen LogP contribution in [0.2, 0.25) is 0 Å². The van der Waals surface area contributed by atoms with Crippen LogP contribution >= 0.6 is 15.9 Å². The fourth-order valence-electron chi connectivity index (χ4n) is 1.89. The van der Waals surface area contributed by atoms with E-state index in [0.717, 1.165) is 16.5 Å². The van der Waals surface area contributed by atoms with E-state index in [2.05, 4.69) is 26.2 Å². The average Bonchev–Trinajstić information content (AvgIpc) is 2.69. The van der Waals surface area contributed by atoms with Crippen LogP contribution in [-0.4, -0.2) is 34.8 Å². The molecule has 0 spiro atoms. The summed E-state index contributed by atoms with van der Waals surface area (Å²) in [5, 5.41) is 2.72. The van der Waals surface area contributed by atoms with E-state index < -0.39 is 0 Å². The molecular weight excluding hydrogens is 298 g/mol. The van der Waals surface area contributed by atoms with Crippen molar-refractivity contribution >= 4 is 33.6 Å². The van der Waals surface area contributed by atoms with Gasteiger partial charge in [-0.3, -0.25) is 9.59 Å². The zero-order valence-corrected chi connectivity index (χ0v) is 11.7. The molecular formula is C12H14BrN3O2. The highest BCUT2D eigenvalue weighted by Crippen LogP contribution is 2.17. The summed E-state index contributed by atoms with van der Waals surface area (Å²) < 4.78 is 0.868. The first-order chi connectivity index (χ1) is 8.56. The van der Waals surface area contributed by atoms with Crippen LogP contribution < -0.4 is 5.32 Å². The Balaban J connectivity index is 1.96. The molecule has 1 aromatic heterocycles. The number of pyridine rings is 1. The van der Waals surface area contributed by atoms with Gasteiger partial charge in [0.2, 0.25) is 11.8 Å². The van der Waals surface area contributed by atoms with Gasteiger partial charge in [0.25, 0.3) is 0 Å². The number of aromatic nitrogens is 1. The van der Waals surface area contributed by atoms with Gasteiger partial charge in [-0.15, -0.1) is 0 Å². The fraction of sp³-hybridized carbons (Fsp3) is 0.417. The fourth-order valence-corrected chi connectivity index (χ4v) is 2.33. The van der Waals surface area contributed by atoms with Gasteiger partial charge < -0.3 is 10.2 Å². The predicted molar refractivity (Wildman–Crippen MR) is 71.1 cm³/mol. The number of nitrogens with one attached hydrogen (secondary N) is 1. The van der Waals surface area contributed by atoms with E-state index in [-0.39, 0.29) is 18.4 Å². The summed E-state index contributed by atoms with van der Waals surface area (Å²) >= 11 is 3.31. The van der Waals surface area contributed by atoms with E-state index in [4.69, 9.17) is 0 Å². The number of hydrogen-bond donors (Lipinski definition) is 1. The highest BCUT2D eigenvalue weighted by Gasteiger charge is 2.22. The molecule has 0 bridgehead atoms. The Kier molecular flexibility index (Phi) is 3.96. The summed E-state index contributed by atoms with van der Waals surface area (Å²) in [5.74, 6) is 0.378. The minimum absolute atomic E-state index is 0.0469. The van der Waals surface area contributed by atoms with Crippen LogP contribution in [0.15, 0.2) is 16.7 Å². The van der Waals surface area contributed by atoms with Crippen molar-refractivity contribution in [1.82, 2.24) is 9.88 Å². The minimum atomic E-state index is -0.205. The third-order valence-electron chi connectivity index (χ3n) is 2.81. The molecule has 2 amide bonds. The first-order valence-electron chi connectivity index (χ1n) is 5.76. The molecule has 0 radical (unpaired) electrons. The van der Waals surface area contributed by atoms with E-state index >= 15 is 0 Å². The number of rotatable bonds is 3. The maximum absolute atomic E-state index is 11.8. The first-order valence-corrected chi connectivity index (χ1v) is 6.55. The van der Waals surface area contributed by atoms with E-state index in [1.165, 1.54) is 0 Å². The third kappa shape index (κ3) is 3.07. The molecule has 1 aliphatic rings. The van der Waals surface area contributed by atoms with Gasteiger partial charge in [0.1, 0.15) is 5.82 Å². The van der Waals surface area contributed by atoms with E-state index in [1.54, 1.807) is 11.1 Å². The molecule has 1 N–H and O–H groups in total. The van der Waals surface area contributed by atoms with Gasteiger partial charge in [-0.1, -0.05) is 0 Å². The third-order valence-corrected chi connectivity index (χ3v) is 3.24. The standard InChI is InChI=1S/C12H14BrN3O2/c1-8-5-9(13)6-14-12(8)15-10(17)7-16-4-2-3-11(16)18/h5-6H,2-4,7H2,1H3,(H,14,15,17). The summed E-state index contributed by atoms with van der Waals surface area (Å²) in [4.78, 5) is 28.9. The van der Waals surface area contributed by atoms with Gasteiger partial charge >= 0.3 is 0 Å². The molecule has 5 nitrogen and oxygen atoms in total. The number of nitrogens with zero attached hydrogens (tertiary/aromatic N) is 2. The van der Waals surface area contributed by atoms with Gasteiger partial charge in [-0.2, -0.15) is 0 Å². The molecule has 0 saturated carbocycles. The Bertz CT molecular complexity index is 490. The Hall–Kier alpha value is -1.43. The van der Waals surface area contributed by atoms with Crippen LogP contribution in [0.4, 0.5) is 5.82 Å². The van der Waals surface area contributed by atoms with Crippen LogP contribution in [0.25, 0.3) is 0 Å². The predicted octanol–water partition coefficient (Wildman–Crippen LogP) is 1.71. The molecule has 2 heterocycles. The van der Waals surface area contributed by atoms with E-state index in [9.17, 15) is 9.59 Å². The van der Waals surface area contributed by atoms with Crippen LogP contribution in [-0.2, 0) is 9.59 Å². The average molecular weight is 312 g/mol. The van der Waals surface area contributed by atoms with Crippen molar-refractivity contribution in [3.63, 3.8) is 0 Å². The highest BCUT2D eigenvalue weighted by atomic mass is 79.9. The molecule has 1 fully saturated rings. The summed E-state index contributed by atoms with van der Waals surface area (Å²) in [6.45, 7) is 2.64. The number of anilines is 1. The molecule has 96 valence electrons. The Morgan fingerprint density at radius 2 is 2.39 bits per heavy atom. The molecule has 1 aromatic rings. The Morgan fingerprint density at radius 1 is 1.61 bits per heavy atom. The normalized spacial score (nSPS) is 15.0. The topological polar surface area (TPSA) is 62.3 Å². The second kappa shape index (κ2) is 5.48. The number of carbonyl (C=O) groups is 2. The zero-order chi connectivity index (χ0) is 13.1. The second-order valence-electron chi connectivity index (χ2n) is 4.29. The number of hydrogen-bond acceptors (Lipinski definition) is 3. The summed E-state index contributed by atoms with van der Waals surface area (Å²) in [7, 11) is 0. The summed E-state index contributed by atoms with van der Waals surface area (Å²) in [6.07, 6.45) is 3.01. The van der Waals surface area contributed by atoms with Gasteiger partial charge in [0, 0.05) is 23.6 Å². The van der Waals surface area contributed by atoms with Crippen LogP contribution in [0.3, 0.4) is 0 Å². The SMILES string of the molecule is Cc1cc(Br)cnc1NC(=O)CN1CCCC1=O. The maximum atomic E-state index is 11.8. The number of aryl methyl sites for hydroxylation is 1. The Morgan fingerprint density at radius 3 is 3.00 bits per heavy atom. The molecule has 0 unspecified atom stereocenters. The van der Waals surface area contributed by atoms with Crippen molar-refractivity contribution in [2.45, 2.75) is 19.8 Å². The molecule has 0 atom stereocenters. The van der Waals surface area contributed by atoms with Crippen molar-refractivity contribution < 1.29 is 9.59 Å². The molecule has 18 heavy (non-hydrogen) atoms. The lowest BCUT2D eigenvalue weighted by molar-refractivity contribution is -0.131. The summed E-state index contributed by atoms with van der Waals surface area (Å²) in [6, 6.07) is 1.88. The number of carbonyl (C=O) groups excluding carboxylic acids is 2. The van der Waals surface area contributed by atoms with E-state index in [1.807, 2.05) is 13.0 Å². The number of halogens is 1. The lowest BCUT2D eigenvalue weighted by atomic mass is 10.3. The van der Waals surface area contributed by atoms with E-state index in [0.29, 0.717) is 18.8 Å². The number of amides is 2. The van der Waals surface area contributed by atoms with Crippen molar-refractivity contribution in [1.29, 1.82) is 0 Å². The van der Waals surface area contributed by atoms with Gasteiger partial charge in [-0.05, 0) is 40.9 Å². The van der Waals surface area contributed by atoms with Crippen LogP contribution in [0.1, 0.15) is 18.4 Å². The van der Waals surface area contributed by atoms with Crippen molar-refractivity contribution in [3.05, 3.63) is 22.3 Å². The summed E-state index contributed by atoms with van der Waals surface area (Å²) in [5.41, 5.74) is 0.880. The molecule has 0 aliphatic carbocycles. The lowest BCUT2D eigenvalue weighted by Crippen LogP contribution is -2.34. The zero-order valence-electron chi connectivity index (χ0n) is 10.1. The largest absolute Gasteiger partial charge is 0.333 e. The Labute approximate surface area is 114 Å². The molecule has 1 saturated heterocycles. The quantitative estimate of drug-likeness (QED) is 0.924. The van der Waals surface area contributed by atoms with Crippen molar-refractivity contribution in [2.75, 3.05) is 18.4 Å². The molecule has 6 heteroatoms. The van der Waals surface area contributed by atoms with Gasteiger partial charge in [-0.25, -0.2) is 4.98 Å². The van der Waals surface area contributed by atoms with Crippen LogP contribution in [0.5, 0.6) is 0 Å². The molecule has 0 aromatic carbocycles. The monoisotopic (exact) mass is 311 g/mol. The van der Waals surface area contributed by atoms with Crippen molar-refractivity contribution in [2.24, 2.45) is 0 Å². The second-order valence-corrected chi connectivity index (χ2v) is 5.20. The smallest absolute Gasteiger partial charge is 0.245 e. The first kappa shape index (κ1) is 13.0. The maximum Gasteiger partial charge on any atom is 0.245 e. The van der Waals surface area contributed by atoms with Crippen LogP contribution in [0, 0.1) is 6.92 Å². The minimum Gasteiger partial charge on any atom is -0.333 e. The molecule has 2 rings (SSSR count).